The molecule has 1 saturated carbocycles. The quantitative estimate of drug-likeness (QED) is 0.409. The van der Waals surface area contributed by atoms with Crippen molar-refractivity contribution in [3.63, 3.8) is 0 Å². The van der Waals surface area contributed by atoms with Gasteiger partial charge < -0.3 is 19.7 Å². The number of nitrogens with zero attached hydrogens (tertiary/aromatic N) is 5. The first kappa shape index (κ1) is 27.0. The zero-order valence-corrected chi connectivity index (χ0v) is 21.9. The summed E-state index contributed by atoms with van der Waals surface area (Å²) in [7, 11) is 3.07. The van der Waals surface area contributed by atoms with Gasteiger partial charge in [-0.3, -0.25) is 9.59 Å². The maximum absolute atomic E-state index is 14.5. The topological polar surface area (TPSA) is 111 Å². The average Bonchev–Trinajstić information content (AvgIpc) is 3.61. The molecule has 1 aliphatic carbocycles. The summed E-state index contributed by atoms with van der Waals surface area (Å²) in [4.78, 5) is 29.4. The molecule has 1 aliphatic rings. The SMILES string of the molecule is CCC(C(=O)NC1CCCC1)N(Cc1ccccc1F)C(=O)Cn1nnc(-c2ccc(OC)c(OC)c2)n1. The average molecular weight is 525 g/mol. The van der Waals surface area contributed by atoms with Gasteiger partial charge in [0.25, 0.3) is 0 Å². The Kier molecular flexibility index (Phi) is 8.88. The van der Waals surface area contributed by atoms with Crippen LogP contribution in [0.25, 0.3) is 11.4 Å². The third-order valence-corrected chi connectivity index (χ3v) is 6.76. The van der Waals surface area contributed by atoms with Crippen LogP contribution >= 0.6 is 0 Å². The van der Waals surface area contributed by atoms with Crippen LogP contribution < -0.4 is 14.8 Å². The fourth-order valence-corrected chi connectivity index (χ4v) is 4.71. The standard InChI is InChI=1S/C27H33FN6O4/c1-4-22(27(36)29-20-10-6-7-11-20)33(16-19-9-5-8-12-21(19)28)25(35)17-34-31-26(30-32-34)18-13-14-23(37-2)24(15-18)38-3/h5,8-9,12-15,20,22H,4,6-7,10-11,16-17H2,1-3H3,(H,29,36). The van der Waals surface area contributed by atoms with E-state index in [2.05, 4.69) is 20.7 Å². The number of aromatic nitrogens is 4. The van der Waals surface area contributed by atoms with E-state index in [9.17, 15) is 14.0 Å². The van der Waals surface area contributed by atoms with Crippen molar-refractivity contribution in [3.05, 3.63) is 53.8 Å². The van der Waals surface area contributed by atoms with Gasteiger partial charge in [0.2, 0.25) is 17.6 Å². The normalized spacial score (nSPS) is 14.2. The first-order valence-corrected chi connectivity index (χ1v) is 12.8. The lowest BCUT2D eigenvalue weighted by molar-refractivity contribution is -0.142. The fraction of sp³-hybridized carbons (Fsp3) is 0.444. The molecular formula is C27H33FN6O4. The number of carbonyl (C=O) groups is 2. The Morgan fingerprint density at radius 1 is 1.13 bits per heavy atom. The highest BCUT2D eigenvalue weighted by Gasteiger charge is 2.31. The molecule has 202 valence electrons. The largest absolute Gasteiger partial charge is 0.493 e. The lowest BCUT2D eigenvalue weighted by Gasteiger charge is -2.31. The Labute approximate surface area is 221 Å². The van der Waals surface area contributed by atoms with Crippen LogP contribution in [-0.2, 0) is 22.7 Å². The molecule has 1 N–H and O–H groups in total. The zero-order valence-electron chi connectivity index (χ0n) is 21.9. The summed E-state index contributed by atoms with van der Waals surface area (Å²) in [5, 5.41) is 15.5. The van der Waals surface area contributed by atoms with E-state index in [1.54, 1.807) is 43.5 Å². The van der Waals surface area contributed by atoms with Crippen molar-refractivity contribution in [2.24, 2.45) is 0 Å². The van der Waals surface area contributed by atoms with Crippen LogP contribution in [0.4, 0.5) is 4.39 Å². The van der Waals surface area contributed by atoms with Gasteiger partial charge in [-0.25, -0.2) is 4.39 Å². The van der Waals surface area contributed by atoms with Gasteiger partial charge in [-0.2, -0.15) is 4.80 Å². The first-order chi connectivity index (χ1) is 18.4. The maximum atomic E-state index is 14.5. The minimum absolute atomic E-state index is 0.0562. The number of ether oxygens (including phenoxy) is 2. The predicted octanol–water partition coefficient (Wildman–Crippen LogP) is 3.36. The third-order valence-electron chi connectivity index (χ3n) is 6.76. The van der Waals surface area contributed by atoms with Gasteiger partial charge in [-0.15, -0.1) is 10.2 Å². The molecule has 2 aromatic carbocycles. The van der Waals surface area contributed by atoms with Crippen LogP contribution in [0.15, 0.2) is 42.5 Å². The summed E-state index contributed by atoms with van der Waals surface area (Å²) in [5.74, 6) is 0.271. The Hall–Kier alpha value is -4.02. The highest BCUT2D eigenvalue weighted by Crippen LogP contribution is 2.30. The lowest BCUT2D eigenvalue weighted by Crippen LogP contribution is -2.51. The summed E-state index contributed by atoms with van der Waals surface area (Å²) in [5.41, 5.74) is 0.956. The molecule has 4 rings (SSSR count). The summed E-state index contributed by atoms with van der Waals surface area (Å²) < 4.78 is 25.2. The van der Waals surface area contributed by atoms with Gasteiger partial charge in [-0.1, -0.05) is 38.0 Å². The molecule has 0 aliphatic heterocycles. The second-order valence-electron chi connectivity index (χ2n) is 9.24. The second-order valence-corrected chi connectivity index (χ2v) is 9.24. The number of rotatable bonds is 11. The van der Waals surface area contributed by atoms with Crippen molar-refractivity contribution >= 4 is 11.8 Å². The summed E-state index contributed by atoms with van der Waals surface area (Å²) in [6.45, 7) is 1.52. The number of halogens is 1. The van der Waals surface area contributed by atoms with Crippen molar-refractivity contribution in [2.75, 3.05) is 14.2 Å². The smallest absolute Gasteiger partial charge is 0.247 e. The van der Waals surface area contributed by atoms with Crippen LogP contribution in [0, 0.1) is 5.82 Å². The number of tetrazole rings is 1. The molecule has 38 heavy (non-hydrogen) atoms. The molecule has 11 heteroatoms. The monoisotopic (exact) mass is 524 g/mol. The van der Waals surface area contributed by atoms with Gasteiger partial charge in [0.05, 0.1) is 14.2 Å². The van der Waals surface area contributed by atoms with E-state index in [-0.39, 0.29) is 25.0 Å². The molecule has 1 fully saturated rings. The van der Waals surface area contributed by atoms with Crippen LogP contribution in [0.1, 0.15) is 44.6 Å². The van der Waals surface area contributed by atoms with Crippen LogP contribution in [-0.4, -0.2) is 63.2 Å². The van der Waals surface area contributed by atoms with Crippen LogP contribution in [0.3, 0.4) is 0 Å². The Bertz CT molecular complexity index is 1260. The molecule has 1 atom stereocenters. The Morgan fingerprint density at radius 3 is 2.55 bits per heavy atom. The molecule has 2 amide bonds. The van der Waals surface area contributed by atoms with E-state index in [1.807, 2.05) is 6.92 Å². The number of amides is 2. The predicted molar refractivity (Wildman–Crippen MR) is 138 cm³/mol. The molecule has 1 unspecified atom stereocenters. The number of benzene rings is 2. The third kappa shape index (κ3) is 6.27. The van der Waals surface area contributed by atoms with Gasteiger partial charge in [0.15, 0.2) is 11.5 Å². The minimum atomic E-state index is -0.767. The molecule has 0 radical (unpaired) electrons. The second kappa shape index (κ2) is 12.5. The molecule has 0 saturated heterocycles. The van der Waals surface area contributed by atoms with Gasteiger partial charge in [-0.05, 0) is 48.7 Å². The molecule has 1 heterocycles. The van der Waals surface area contributed by atoms with Crippen molar-refractivity contribution in [1.29, 1.82) is 0 Å². The van der Waals surface area contributed by atoms with Crippen LogP contribution in [0.2, 0.25) is 0 Å². The zero-order chi connectivity index (χ0) is 27.1. The van der Waals surface area contributed by atoms with Crippen molar-refractivity contribution in [2.45, 2.75) is 64.2 Å². The van der Waals surface area contributed by atoms with Gasteiger partial charge >= 0.3 is 0 Å². The number of hydrogen-bond donors (Lipinski definition) is 1. The molecular weight excluding hydrogens is 491 g/mol. The minimum Gasteiger partial charge on any atom is -0.493 e. The van der Waals surface area contributed by atoms with Crippen molar-refractivity contribution in [1.82, 2.24) is 30.4 Å². The Morgan fingerprint density at radius 2 is 1.87 bits per heavy atom. The summed E-state index contributed by atoms with van der Waals surface area (Å²) in [6.07, 6.45) is 4.36. The molecule has 1 aromatic heterocycles. The summed E-state index contributed by atoms with van der Waals surface area (Å²) in [6, 6.07) is 10.8. The first-order valence-electron chi connectivity index (χ1n) is 12.8. The molecule has 3 aromatic rings. The molecule has 0 spiro atoms. The highest BCUT2D eigenvalue weighted by atomic mass is 19.1. The number of nitrogens with one attached hydrogen (secondary N) is 1. The van der Waals surface area contributed by atoms with Crippen molar-refractivity contribution < 1.29 is 23.5 Å². The van der Waals surface area contributed by atoms with E-state index in [0.29, 0.717) is 34.9 Å². The van der Waals surface area contributed by atoms with Crippen LogP contribution in [0.5, 0.6) is 11.5 Å². The van der Waals surface area contributed by atoms with Crippen molar-refractivity contribution in [3.8, 4) is 22.9 Å². The lowest BCUT2D eigenvalue weighted by atomic mass is 10.1. The number of methoxy groups -OCH3 is 2. The molecule has 10 nitrogen and oxygen atoms in total. The maximum Gasteiger partial charge on any atom is 0.247 e. The van der Waals surface area contributed by atoms with E-state index < -0.39 is 17.8 Å². The fourth-order valence-electron chi connectivity index (χ4n) is 4.71. The van der Waals surface area contributed by atoms with E-state index in [0.717, 1.165) is 25.7 Å². The van der Waals surface area contributed by atoms with Gasteiger partial charge in [0.1, 0.15) is 18.4 Å². The molecule has 0 bridgehead atoms. The Balaban J connectivity index is 1.55. The number of hydrogen-bond acceptors (Lipinski definition) is 7. The highest BCUT2D eigenvalue weighted by molar-refractivity contribution is 5.87. The van der Waals surface area contributed by atoms with E-state index >= 15 is 0 Å². The van der Waals surface area contributed by atoms with E-state index in [4.69, 9.17) is 9.47 Å². The van der Waals surface area contributed by atoms with E-state index in [1.165, 1.54) is 22.9 Å². The van der Waals surface area contributed by atoms with Gasteiger partial charge in [0, 0.05) is 23.7 Å². The number of carbonyl (C=O) groups excluding carboxylic acids is 2. The summed E-state index contributed by atoms with van der Waals surface area (Å²) >= 11 is 0.